The van der Waals surface area contributed by atoms with Gasteiger partial charge in [0.15, 0.2) is 5.69 Å². The molecule has 1 aromatic heterocycles. The number of benzene rings is 1. The Morgan fingerprint density at radius 3 is 2.72 bits per heavy atom. The van der Waals surface area contributed by atoms with Crippen LogP contribution in [-0.4, -0.2) is 44.2 Å². The van der Waals surface area contributed by atoms with Crippen molar-refractivity contribution in [3.05, 3.63) is 41.8 Å². The van der Waals surface area contributed by atoms with Gasteiger partial charge in [0.1, 0.15) is 5.76 Å². The van der Waals surface area contributed by atoms with Crippen molar-refractivity contribution in [2.45, 2.75) is 19.8 Å². The van der Waals surface area contributed by atoms with Crippen LogP contribution in [0.5, 0.6) is 0 Å². The molecule has 1 aromatic carbocycles. The van der Waals surface area contributed by atoms with Gasteiger partial charge in [0.05, 0.1) is 6.61 Å². The minimum absolute atomic E-state index is 0.0183. The Morgan fingerprint density at radius 2 is 2.04 bits per heavy atom. The SMILES string of the molecule is COCC1(CNC(=O)c2nc(-c3ccccc3)oc2C)CCNCC1. The Bertz CT molecular complexity index is 700. The number of aromatic nitrogens is 1. The third-order valence-corrected chi connectivity index (χ3v) is 4.77. The molecule has 6 nitrogen and oxygen atoms in total. The Labute approximate surface area is 148 Å². The second-order valence-corrected chi connectivity index (χ2v) is 6.66. The van der Waals surface area contributed by atoms with Crippen molar-refractivity contribution in [3.63, 3.8) is 0 Å². The van der Waals surface area contributed by atoms with Crippen molar-refractivity contribution in [2.75, 3.05) is 33.4 Å². The van der Waals surface area contributed by atoms with Crippen molar-refractivity contribution < 1.29 is 13.9 Å². The highest BCUT2D eigenvalue weighted by Gasteiger charge is 2.33. The largest absolute Gasteiger partial charge is 0.441 e. The van der Waals surface area contributed by atoms with Crippen LogP contribution in [0.15, 0.2) is 34.7 Å². The summed E-state index contributed by atoms with van der Waals surface area (Å²) in [4.78, 5) is 17.0. The van der Waals surface area contributed by atoms with Gasteiger partial charge in [-0.2, -0.15) is 0 Å². The number of rotatable bonds is 6. The number of nitrogens with one attached hydrogen (secondary N) is 2. The fourth-order valence-corrected chi connectivity index (χ4v) is 3.30. The van der Waals surface area contributed by atoms with E-state index < -0.39 is 0 Å². The van der Waals surface area contributed by atoms with Gasteiger partial charge in [-0.05, 0) is 45.0 Å². The maximum absolute atomic E-state index is 12.6. The highest BCUT2D eigenvalue weighted by atomic mass is 16.5. The van der Waals surface area contributed by atoms with Crippen LogP contribution in [0.25, 0.3) is 11.5 Å². The normalized spacial score (nSPS) is 16.6. The molecule has 2 heterocycles. The molecule has 0 spiro atoms. The highest BCUT2D eigenvalue weighted by molar-refractivity contribution is 5.93. The maximum atomic E-state index is 12.6. The van der Waals surface area contributed by atoms with Gasteiger partial charge < -0.3 is 19.8 Å². The van der Waals surface area contributed by atoms with Gasteiger partial charge in [-0.25, -0.2) is 4.98 Å². The molecule has 2 aromatic rings. The number of aryl methyl sites for hydroxylation is 1. The third-order valence-electron chi connectivity index (χ3n) is 4.77. The third kappa shape index (κ3) is 4.08. The van der Waals surface area contributed by atoms with E-state index in [0.29, 0.717) is 30.5 Å². The van der Waals surface area contributed by atoms with Gasteiger partial charge >= 0.3 is 0 Å². The minimum Gasteiger partial charge on any atom is -0.441 e. The second kappa shape index (κ2) is 7.80. The molecule has 3 rings (SSSR count). The first-order chi connectivity index (χ1) is 12.1. The Kier molecular flexibility index (Phi) is 5.50. The number of hydrogen-bond donors (Lipinski definition) is 2. The Balaban J connectivity index is 1.70. The minimum atomic E-state index is -0.197. The first-order valence-electron chi connectivity index (χ1n) is 8.64. The molecule has 0 unspecified atom stereocenters. The number of carbonyl (C=O) groups is 1. The molecule has 0 radical (unpaired) electrons. The first-order valence-corrected chi connectivity index (χ1v) is 8.64. The summed E-state index contributed by atoms with van der Waals surface area (Å²) < 4.78 is 11.1. The average Bonchev–Trinajstić information content (AvgIpc) is 3.03. The molecule has 0 saturated carbocycles. The molecule has 2 N–H and O–H groups in total. The molecular weight excluding hydrogens is 318 g/mol. The number of oxazole rings is 1. The maximum Gasteiger partial charge on any atom is 0.273 e. The lowest BCUT2D eigenvalue weighted by Crippen LogP contribution is -2.47. The molecule has 0 bridgehead atoms. The van der Waals surface area contributed by atoms with E-state index in [1.165, 1.54) is 0 Å². The highest BCUT2D eigenvalue weighted by Crippen LogP contribution is 2.28. The molecule has 1 amide bonds. The lowest BCUT2D eigenvalue weighted by atomic mass is 9.79. The van der Waals surface area contributed by atoms with Crippen LogP contribution >= 0.6 is 0 Å². The number of amides is 1. The van der Waals surface area contributed by atoms with Crippen LogP contribution in [0, 0.1) is 12.3 Å². The van der Waals surface area contributed by atoms with Gasteiger partial charge in [0.2, 0.25) is 5.89 Å². The van der Waals surface area contributed by atoms with Crippen molar-refractivity contribution in [2.24, 2.45) is 5.41 Å². The summed E-state index contributed by atoms with van der Waals surface area (Å²) >= 11 is 0. The van der Waals surface area contributed by atoms with E-state index in [1.54, 1.807) is 14.0 Å². The van der Waals surface area contributed by atoms with Crippen molar-refractivity contribution >= 4 is 5.91 Å². The molecule has 0 atom stereocenters. The molecule has 1 aliphatic heterocycles. The van der Waals surface area contributed by atoms with Gasteiger partial charge in [-0.3, -0.25) is 4.79 Å². The van der Waals surface area contributed by atoms with Crippen LogP contribution in [0.4, 0.5) is 0 Å². The zero-order valence-corrected chi connectivity index (χ0v) is 14.8. The predicted molar refractivity (Wildman–Crippen MR) is 95.4 cm³/mol. The fourth-order valence-electron chi connectivity index (χ4n) is 3.30. The summed E-state index contributed by atoms with van der Waals surface area (Å²) in [7, 11) is 1.71. The predicted octanol–water partition coefficient (Wildman–Crippen LogP) is 2.40. The summed E-state index contributed by atoms with van der Waals surface area (Å²) in [5, 5.41) is 6.38. The summed E-state index contributed by atoms with van der Waals surface area (Å²) in [5.41, 5.74) is 1.19. The number of hydrogen-bond acceptors (Lipinski definition) is 5. The quantitative estimate of drug-likeness (QED) is 0.842. The molecule has 1 saturated heterocycles. The summed E-state index contributed by atoms with van der Waals surface area (Å²) in [6.07, 6.45) is 1.96. The van der Waals surface area contributed by atoms with Gasteiger partial charge in [0, 0.05) is 24.6 Å². The summed E-state index contributed by atoms with van der Waals surface area (Å²) in [6.45, 7) is 4.88. The molecule has 134 valence electrons. The van der Waals surface area contributed by atoms with Crippen LogP contribution in [-0.2, 0) is 4.74 Å². The van der Waals surface area contributed by atoms with E-state index >= 15 is 0 Å². The molecule has 0 aliphatic carbocycles. The lowest BCUT2D eigenvalue weighted by Gasteiger charge is -2.37. The average molecular weight is 343 g/mol. The topological polar surface area (TPSA) is 76.4 Å². The van der Waals surface area contributed by atoms with Crippen LogP contribution in [0.1, 0.15) is 29.1 Å². The molecular formula is C19H25N3O3. The Hall–Kier alpha value is -2.18. The standard InChI is InChI=1S/C19H25N3O3/c1-14-16(22-18(25-14)15-6-4-3-5-7-15)17(23)21-12-19(13-24-2)8-10-20-11-9-19/h3-7,20H,8-13H2,1-2H3,(H,21,23). The number of ether oxygens (including phenoxy) is 1. The van der Waals surface area contributed by atoms with Crippen LogP contribution in [0.3, 0.4) is 0 Å². The van der Waals surface area contributed by atoms with E-state index in [4.69, 9.17) is 9.15 Å². The van der Waals surface area contributed by atoms with E-state index in [2.05, 4.69) is 15.6 Å². The number of carbonyl (C=O) groups excluding carboxylic acids is 1. The van der Waals surface area contributed by atoms with Gasteiger partial charge in [0.25, 0.3) is 5.91 Å². The molecule has 6 heteroatoms. The monoisotopic (exact) mass is 343 g/mol. The molecule has 1 aliphatic rings. The van der Waals surface area contributed by atoms with E-state index in [0.717, 1.165) is 31.5 Å². The van der Waals surface area contributed by atoms with E-state index in [9.17, 15) is 4.79 Å². The first kappa shape index (κ1) is 17.6. The lowest BCUT2D eigenvalue weighted by molar-refractivity contribution is 0.0510. The molecule has 25 heavy (non-hydrogen) atoms. The van der Waals surface area contributed by atoms with E-state index in [-0.39, 0.29) is 11.3 Å². The van der Waals surface area contributed by atoms with Crippen molar-refractivity contribution in [1.29, 1.82) is 0 Å². The zero-order chi connectivity index (χ0) is 17.7. The zero-order valence-electron chi connectivity index (χ0n) is 14.8. The summed E-state index contributed by atoms with van der Waals surface area (Å²) in [5.74, 6) is 0.802. The number of nitrogens with zero attached hydrogens (tertiary/aromatic N) is 1. The smallest absolute Gasteiger partial charge is 0.273 e. The van der Waals surface area contributed by atoms with Gasteiger partial charge in [-0.15, -0.1) is 0 Å². The molecule has 1 fully saturated rings. The van der Waals surface area contributed by atoms with Crippen LogP contribution in [0.2, 0.25) is 0 Å². The number of methoxy groups -OCH3 is 1. The second-order valence-electron chi connectivity index (χ2n) is 6.66. The van der Waals surface area contributed by atoms with Crippen molar-refractivity contribution in [1.82, 2.24) is 15.6 Å². The van der Waals surface area contributed by atoms with Crippen molar-refractivity contribution in [3.8, 4) is 11.5 Å². The Morgan fingerprint density at radius 1 is 1.32 bits per heavy atom. The summed E-state index contributed by atoms with van der Waals surface area (Å²) in [6, 6.07) is 9.59. The van der Waals surface area contributed by atoms with Crippen LogP contribution < -0.4 is 10.6 Å². The fraction of sp³-hybridized carbons (Fsp3) is 0.474. The number of piperidine rings is 1. The van der Waals surface area contributed by atoms with E-state index in [1.807, 2.05) is 30.3 Å². The van der Waals surface area contributed by atoms with Gasteiger partial charge in [-0.1, -0.05) is 18.2 Å².